The average Bonchev–Trinajstić information content (AvgIpc) is 1.84. The van der Waals surface area contributed by atoms with Crippen LogP contribution in [0.4, 0.5) is 0 Å². The van der Waals surface area contributed by atoms with E-state index in [0.717, 1.165) is 0 Å². The van der Waals surface area contributed by atoms with Gasteiger partial charge in [0.15, 0.2) is 0 Å². The number of allylic oxidation sites excluding steroid dienone is 1. The molecule has 0 aromatic rings. The number of rotatable bonds is 2. The number of carboxylic acids is 1. The fourth-order valence-electron chi connectivity index (χ4n) is 0.313. The maximum atomic E-state index is 10.0. The summed E-state index contributed by atoms with van der Waals surface area (Å²) < 4.78 is 0. The van der Waals surface area contributed by atoms with Crippen molar-refractivity contribution in [2.45, 2.75) is 13.8 Å². The second-order valence-corrected chi connectivity index (χ2v) is 1.65. The topological polar surface area (TPSA) is 61.2 Å². The van der Waals surface area contributed by atoms with Crippen LogP contribution in [0.3, 0.4) is 0 Å². The van der Waals surface area contributed by atoms with Gasteiger partial charge in [-0.05, 0) is 19.4 Å². The maximum absolute atomic E-state index is 10.0. The van der Waals surface area contributed by atoms with Crippen molar-refractivity contribution in [1.82, 2.24) is 0 Å². The molecule has 0 amide bonds. The van der Waals surface area contributed by atoms with Crippen molar-refractivity contribution in [3.05, 3.63) is 11.6 Å². The molecule has 3 nitrogen and oxygen atoms in total. The van der Waals surface area contributed by atoms with Gasteiger partial charge in [-0.3, -0.25) is 5.41 Å². The van der Waals surface area contributed by atoms with Crippen LogP contribution in [0.25, 0.3) is 0 Å². The van der Waals surface area contributed by atoms with Crippen molar-refractivity contribution < 1.29 is 9.90 Å². The van der Waals surface area contributed by atoms with E-state index in [4.69, 9.17) is 10.5 Å². The Kier molecular flexibility index (Phi) is 2.64. The van der Waals surface area contributed by atoms with Crippen molar-refractivity contribution in [2.75, 3.05) is 0 Å². The lowest BCUT2D eigenvalue weighted by Crippen LogP contribution is -2.11. The summed E-state index contributed by atoms with van der Waals surface area (Å²) in [6, 6.07) is 0. The molecule has 50 valence electrons. The van der Waals surface area contributed by atoms with Gasteiger partial charge in [-0.2, -0.15) is 0 Å². The van der Waals surface area contributed by atoms with Gasteiger partial charge in [-0.25, -0.2) is 4.79 Å². The molecule has 0 spiro atoms. The number of carboxylic acid groups (broad SMARTS) is 1. The van der Waals surface area contributed by atoms with Gasteiger partial charge in [0.2, 0.25) is 0 Å². The molecule has 0 aliphatic rings. The summed E-state index contributed by atoms with van der Waals surface area (Å²) in [6.07, 6.45) is 1.59. The van der Waals surface area contributed by atoms with Crippen LogP contribution in [0, 0.1) is 5.41 Å². The summed E-state index contributed by atoms with van der Waals surface area (Å²) in [5.41, 5.74) is 0.153. The largest absolute Gasteiger partial charge is 0.477 e. The van der Waals surface area contributed by atoms with Crippen LogP contribution in [0.15, 0.2) is 11.6 Å². The molecular weight excluding hydrogens is 118 g/mol. The molecule has 0 atom stereocenters. The van der Waals surface area contributed by atoms with Gasteiger partial charge < -0.3 is 5.11 Å². The van der Waals surface area contributed by atoms with Crippen LogP contribution in [-0.2, 0) is 4.79 Å². The quantitative estimate of drug-likeness (QED) is 0.545. The smallest absolute Gasteiger partial charge is 0.354 e. The summed E-state index contributed by atoms with van der Waals surface area (Å²) in [7, 11) is 0. The Hall–Kier alpha value is -1.12. The lowest BCUT2D eigenvalue weighted by Gasteiger charge is -1.93. The lowest BCUT2D eigenvalue weighted by molar-refractivity contribution is -0.129. The highest BCUT2D eigenvalue weighted by atomic mass is 16.4. The molecule has 0 aromatic carbocycles. The van der Waals surface area contributed by atoms with Crippen LogP contribution < -0.4 is 0 Å². The van der Waals surface area contributed by atoms with Gasteiger partial charge in [-0.15, -0.1) is 0 Å². The zero-order chi connectivity index (χ0) is 7.44. The number of hydrogen-bond acceptors (Lipinski definition) is 2. The minimum atomic E-state index is -1.18. The highest BCUT2D eigenvalue weighted by Crippen LogP contribution is 1.93. The molecule has 0 heterocycles. The Labute approximate surface area is 53.5 Å². The zero-order valence-corrected chi connectivity index (χ0v) is 5.43. The fourth-order valence-corrected chi connectivity index (χ4v) is 0.313. The zero-order valence-electron chi connectivity index (χ0n) is 5.43. The predicted molar refractivity (Wildman–Crippen MR) is 34.8 cm³/mol. The van der Waals surface area contributed by atoms with Crippen LogP contribution >= 0.6 is 0 Å². The Morgan fingerprint density at radius 1 is 1.67 bits per heavy atom. The molecular formula is C6H9NO2. The van der Waals surface area contributed by atoms with Crippen molar-refractivity contribution in [2.24, 2.45) is 0 Å². The van der Waals surface area contributed by atoms with E-state index in [1.54, 1.807) is 19.9 Å². The lowest BCUT2D eigenvalue weighted by atomic mass is 10.2. The van der Waals surface area contributed by atoms with Crippen molar-refractivity contribution in [3.8, 4) is 0 Å². The molecule has 0 aromatic heterocycles. The molecule has 0 bridgehead atoms. The van der Waals surface area contributed by atoms with E-state index < -0.39 is 5.97 Å². The monoisotopic (exact) mass is 127 g/mol. The molecule has 0 saturated heterocycles. The summed E-state index contributed by atoms with van der Waals surface area (Å²) >= 11 is 0. The second-order valence-electron chi connectivity index (χ2n) is 1.65. The Morgan fingerprint density at radius 3 is 2.22 bits per heavy atom. The van der Waals surface area contributed by atoms with E-state index in [1.165, 1.54) is 0 Å². The van der Waals surface area contributed by atoms with Crippen LogP contribution in [0.2, 0.25) is 0 Å². The first-order valence-corrected chi connectivity index (χ1v) is 2.54. The molecule has 0 fully saturated rings. The highest BCUT2D eigenvalue weighted by molar-refractivity contribution is 6.40. The average molecular weight is 127 g/mol. The predicted octanol–water partition coefficient (Wildman–Crippen LogP) is 1.06. The molecule has 0 aliphatic carbocycles. The maximum Gasteiger partial charge on any atom is 0.354 e. The van der Waals surface area contributed by atoms with E-state index >= 15 is 0 Å². The van der Waals surface area contributed by atoms with Crippen LogP contribution in [-0.4, -0.2) is 16.8 Å². The first-order chi connectivity index (χ1) is 4.09. The Morgan fingerprint density at radius 2 is 2.11 bits per heavy atom. The third-order valence-electron chi connectivity index (χ3n) is 1.04. The summed E-state index contributed by atoms with van der Waals surface area (Å²) in [4.78, 5) is 10.0. The number of nitrogens with one attached hydrogen (secondary N) is 1. The van der Waals surface area contributed by atoms with E-state index in [-0.39, 0.29) is 5.71 Å². The third kappa shape index (κ3) is 2.08. The van der Waals surface area contributed by atoms with Crippen molar-refractivity contribution in [3.63, 3.8) is 0 Å². The molecule has 0 rings (SSSR count). The van der Waals surface area contributed by atoms with Gasteiger partial charge in [0, 0.05) is 0 Å². The fraction of sp³-hybridized carbons (Fsp3) is 0.333. The van der Waals surface area contributed by atoms with E-state index in [9.17, 15) is 4.79 Å². The molecule has 0 radical (unpaired) electrons. The molecule has 0 saturated carbocycles. The standard InChI is InChI=1S/C6H9NO2/c1-3-4(2)5(7)6(8)9/h3,7H,1-2H3,(H,8,9). The van der Waals surface area contributed by atoms with E-state index in [2.05, 4.69) is 0 Å². The summed E-state index contributed by atoms with van der Waals surface area (Å²) in [5.74, 6) is -1.18. The van der Waals surface area contributed by atoms with Crippen LogP contribution in [0.5, 0.6) is 0 Å². The van der Waals surface area contributed by atoms with Gasteiger partial charge in [0.25, 0.3) is 0 Å². The number of aliphatic carboxylic acids is 1. The Balaban J connectivity index is 4.23. The molecule has 2 N–H and O–H groups in total. The van der Waals surface area contributed by atoms with E-state index in [1.807, 2.05) is 0 Å². The molecule has 0 unspecified atom stereocenters. The van der Waals surface area contributed by atoms with Gasteiger partial charge in [0.1, 0.15) is 5.71 Å². The first-order valence-electron chi connectivity index (χ1n) is 2.54. The third-order valence-corrected chi connectivity index (χ3v) is 1.04. The Bertz CT molecular complexity index is 170. The minimum Gasteiger partial charge on any atom is -0.477 e. The normalized spacial score (nSPS) is 11.1. The summed E-state index contributed by atoms with van der Waals surface area (Å²) in [6.45, 7) is 3.29. The van der Waals surface area contributed by atoms with Crippen LogP contribution in [0.1, 0.15) is 13.8 Å². The number of hydrogen-bond donors (Lipinski definition) is 2. The van der Waals surface area contributed by atoms with Crippen molar-refractivity contribution >= 4 is 11.7 Å². The molecule has 0 aliphatic heterocycles. The van der Waals surface area contributed by atoms with E-state index in [0.29, 0.717) is 5.57 Å². The van der Waals surface area contributed by atoms with Gasteiger partial charge in [-0.1, -0.05) is 6.08 Å². The molecule has 3 heteroatoms. The second kappa shape index (κ2) is 3.02. The van der Waals surface area contributed by atoms with Crippen molar-refractivity contribution in [1.29, 1.82) is 5.41 Å². The highest BCUT2D eigenvalue weighted by Gasteiger charge is 2.05. The van der Waals surface area contributed by atoms with Gasteiger partial charge in [0.05, 0.1) is 0 Å². The minimum absolute atomic E-state index is 0.336. The first kappa shape index (κ1) is 7.88. The number of carbonyl (C=O) groups is 1. The van der Waals surface area contributed by atoms with Gasteiger partial charge >= 0.3 is 5.97 Å². The molecule has 9 heavy (non-hydrogen) atoms. The summed E-state index contributed by atoms with van der Waals surface area (Å²) in [5, 5.41) is 15.1. The SMILES string of the molecule is CC=C(C)C(=N)C(=O)O.